The number of unbranched alkanes of at least 4 members (excludes halogenated alkanes) is 13. The SMILES string of the molecule is CCCCCCCCOC(=O)C(CCCC)=C(CCCCC)C(=O)OCCCCCCCC. The monoisotopic (exact) mass is 466 g/mol. The molecule has 33 heavy (non-hydrogen) atoms. The summed E-state index contributed by atoms with van der Waals surface area (Å²) in [4.78, 5) is 25.9. The number of hydrogen-bond donors (Lipinski definition) is 0. The van der Waals surface area contributed by atoms with Crippen molar-refractivity contribution in [2.45, 2.75) is 150 Å². The van der Waals surface area contributed by atoms with Crippen LogP contribution in [0.25, 0.3) is 0 Å². The lowest BCUT2D eigenvalue weighted by Gasteiger charge is -2.15. The van der Waals surface area contributed by atoms with Gasteiger partial charge in [0.2, 0.25) is 0 Å². The molecule has 0 aliphatic rings. The van der Waals surface area contributed by atoms with E-state index in [1.54, 1.807) is 0 Å². The quantitative estimate of drug-likeness (QED) is 0.0857. The zero-order chi connectivity index (χ0) is 24.6. The molecule has 4 heteroatoms. The van der Waals surface area contributed by atoms with Gasteiger partial charge in [0.1, 0.15) is 0 Å². The van der Waals surface area contributed by atoms with Crippen molar-refractivity contribution in [2.75, 3.05) is 13.2 Å². The Morgan fingerprint density at radius 2 is 0.758 bits per heavy atom. The Morgan fingerprint density at radius 1 is 0.424 bits per heavy atom. The van der Waals surface area contributed by atoms with Gasteiger partial charge >= 0.3 is 11.9 Å². The number of rotatable bonds is 23. The van der Waals surface area contributed by atoms with E-state index in [1.807, 2.05) is 0 Å². The van der Waals surface area contributed by atoms with Crippen molar-refractivity contribution < 1.29 is 19.1 Å². The molecule has 0 bridgehead atoms. The molecule has 0 fully saturated rings. The third-order valence-corrected chi connectivity index (χ3v) is 6.13. The van der Waals surface area contributed by atoms with Crippen LogP contribution in [0.5, 0.6) is 0 Å². The fraction of sp³-hybridized carbons (Fsp3) is 0.862. The van der Waals surface area contributed by atoms with Crippen LogP contribution in [0.4, 0.5) is 0 Å². The second-order valence-corrected chi connectivity index (χ2v) is 9.33. The molecule has 0 heterocycles. The second kappa shape index (κ2) is 23.8. The Balaban J connectivity index is 4.95. The zero-order valence-corrected chi connectivity index (χ0v) is 22.5. The van der Waals surface area contributed by atoms with Gasteiger partial charge < -0.3 is 9.47 Å². The molecule has 0 saturated carbocycles. The molecule has 0 aromatic rings. The highest BCUT2D eigenvalue weighted by atomic mass is 16.5. The normalized spacial score (nSPS) is 11.9. The molecule has 0 amide bonds. The van der Waals surface area contributed by atoms with Gasteiger partial charge in [0.05, 0.1) is 13.2 Å². The highest BCUT2D eigenvalue weighted by molar-refractivity contribution is 6.00. The minimum Gasteiger partial charge on any atom is -0.462 e. The summed E-state index contributed by atoms with van der Waals surface area (Å²) in [5, 5.41) is 0. The Kier molecular flexibility index (Phi) is 22.9. The summed E-state index contributed by atoms with van der Waals surface area (Å²) >= 11 is 0. The molecule has 0 aliphatic heterocycles. The first kappa shape index (κ1) is 31.7. The van der Waals surface area contributed by atoms with Crippen molar-refractivity contribution in [1.82, 2.24) is 0 Å². The molecule has 0 saturated heterocycles. The molecule has 0 aromatic carbocycles. The predicted octanol–water partition coefficient (Wildman–Crippen LogP) is 8.86. The smallest absolute Gasteiger partial charge is 0.334 e. The standard InChI is InChI=1S/C29H54O4/c1-5-9-13-15-17-20-24-32-28(30)26(22-12-8-4)27(23-19-11-7-3)29(31)33-25-21-18-16-14-10-6-2/h5-25H2,1-4H3. The van der Waals surface area contributed by atoms with Crippen LogP contribution in [-0.4, -0.2) is 25.2 Å². The summed E-state index contributed by atoms with van der Waals surface area (Å²) in [5.74, 6) is -0.609. The van der Waals surface area contributed by atoms with Crippen molar-refractivity contribution >= 4 is 11.9 Å². The number of carbonyl (C=O) groups excluding carboxylic acids is 2. The van der Waals surface area contributed by atoms with Gasteiger partial charge in [-0.05, 0) is 38.5 Å². The van der Waals surface area contributed by atoms with E-state index in [-0.39, 0.29) is 11.9 Å². The maximum Gasteiger partial charge on any atom is 0.334 e. The van der Waals surface area contributed by atoms with Crippen molar-refractivity contribution in [1.29, 1.82) is 0 Å². The molecule has 0 spiro atoms. The van der Waals surface area contributed by atoms with Crippen LogP contribution < -0.4 is 0 Å². The second-order valence-electron chi connectivity index (χ2n) is 9.33. The van der Waals surface area contributed by atoms with Gasteiger partial charge in [-0.1, -0.05) is 111 Å². The van der Waals surface area contributed by atoms with Crippen LogP contribution >= 0.6 is 0 Å². The molecule has 4 nitrogen and oxygen atoms in total. The van der Waals surface area contributed by atoms with E-state index in [1.165, 1.54) is 51.4 Å². The van der Waals surface area contributed by atoms with Crippen LogP contribution in [0.3, 0.4) is 0 Å². The number of hydrogen-bond acceptors (Lipinski definition) is 4. The van der Waals surface area contributed by atoms with Gasteiger partial charge in [0.15, 0.2) is 0 Å². The van der Waals surface area contributed by atoms with Gasteiger partial charge in [-0.15, -0.1) is 0 Å². The Morgan fingerprint density at radius 3 is 1.18 bits per heavy atom. The molecule has 194 valence electrons. The minimum atomic E-state index is -0.306. The molecular formula is C29H54O4. The minimum absolute atomic E-state index is 0.303. The van der Waals surface area contributed by atoms with Crippen LogP contribution in [0.2, 0.25) is 0 Å². The summed E-state index contributed by atoms with van der Waals surface area (Å²) in [7, 11) is 0. The highest BCUT2D eigenvalue weighted by Crippen LogP contribution is 2.22. The van der Waals surface area contributed by atoms with E-state index in [9.17, 15) is 9.59 Å². The largest absolute Gasteiger partial charge is 0.462 e. The van der Waals surface area contributed by atoms with Crippen LogP contribution in [0, 0.1) is 0 Å². The summed E-state index contributed by atoms with van der Waals surface area (Å²) < 4.78 is 11.2. The highest BCUT2D eigenvalue weighted by Gasteiger charge is 2.22. The molecule has 0 atom stereocenters. The zero-order valence-electron chi connectivity index (χ0n) is 22.5. The first-order chi connectivity index (χ1) is 16.1. The fourth-order valence-corrected chi connectivity index (χ4v) is 3.93. The maximum absolute atomic E-state index is 13.0. The van der Waals surface area contributed by atoms with E-state index in [4.69, 9.17) is 9.47 Å². The summed E-state index contributed by atoms with van der Waals surface area (Å²) in [6.07, 6.45) is 19.9. The third-order valence-electron chi connectivity index (χ3n) is 6.13. The Hall–Kier alpha value is -1.32. The average molecular weight is 467 g/mol. The maximum atomic E-state index is 13.0. The Bertz CT molecular complexity index is 510. The van der Waals surface area contributed by atoms with Crippen LogP contribution in [0.15, 0.2) is 11.1 Å². The lowest BCUT2D eigenvalue weighted by Crippen LogP contribution is -2.18. The summed E-state index contributed by atoms with van der Waals surface area (Å²) in [5.41, 5.74) is 1.13. The van der Waals surface area contributed by atoms with E-state index < -0.39 is 0 Å². The van der Waals surface area contributed by atoms with E-state index >= 15 is 0 Å². The van der Waals surface area contributed by atoms with Crippen molar-refractivity contribution in [3.8, 4) is 0 Å². The molecule has 0 N–H and O–H groups in total. The summed E-state index contributed by atoms with van der Waals surface area (Å²) in [6.45, 7) is 9.55. The van der Waals surface area contributed by atoms with Gasteiger partial charge in [-0.3, -0.25) is 0 Å². The lowest BCUT2D eigenvalue weighted by molar-refractivity contribution is -0.142. The van der Waals surface area contributed by atoms with Crippen molar-refractivity contribution in [2.24, 2.45) is 0 Å². The van der Waals surface area contributed by atoms with Gasteiger partial charge in [-0.25, -0.2) is 9.59 Å². The first-order valence-electron chi connectivity index (χ1n) is 14.2. The number of ether oxygens (including phenoxy) is 2. The lowest BCUT2D eigenvalue weighted by atomic mass is 9.97. The van der Waals surface area contributed by atoms with Gasteiger partial charge in [-0.2, -0.15) is 0 Å². The number of esters is 2. The third kappa shape index (κ3) is 17.8. The number of carbonyl (C=O) groups is 2. The molecule has 0 aliphatic carbocycles. The molecule has 0 unspecified atom stereocenters. The van der Waals surface area contributed by atoms with Gasteiger partial charge in [0.25, 0.3) is 0 Å². The molecule has 0 radical (unpaired) electrons. The van der Waals surface area contributed by atoms with Crippen molar-refractivity contribution in [3.63, 3.8) is 0 Å². The van der Waals surface area contributed by atoms with Gasteiger partial charge in [0, 0.05) is 11.1 Å². The molecule has 0 aromatic heterocycles. The molecular weight excluding hydrogens is 412 g/mol. The first-order valence-corrected chi connectivity index (χ1v) is 14.2. The molecule has 0 rings (SSSR count). The van der Waals surface area contributed by atoms with Crippen LogP contribution in [0.1, 0.15) is 150 Å². The topological polar surface area (TPSA) is 52.6 Å². The van der Waals surface area contributed by atoms with Crippen molar-refractivity contribution in [3.05, 3.63) is 11.1 Å². The fourth-order valence-electron chi connectivity index (χ4n) is 3.93. The predicted molar refractivity (Wildman–Crippen MR) is 139 cm³/mol. The van der Waals surface area contributed by atoms with E-state index in [2.05, 4.69) is 27.7 Å². The van der Waals surface area contributed by atoms with Crippen LogP contribution in [-0.2, 0) is 19.1 Å². The van der Waals surface area contributed by atoms with E-state index in [0.717, 1.165) is 57.8 Å². The van der Waals surface area contributed by atoms with E-state index in [0.29, 0.717) is 37.2 Å². The Labute approximate surface area is 205 Å². The summed E-state index contributed by atoms with van der Waals surface area (Å²) in [6, 6.07) is 0. The average Bonchev–Trinajstić information content (AvgIpc) is 2.81.